The zero-order valence-corrected chi connectivity index (χ0v) is 13.7. The molecule has 124 valence electrons. The molecule has 1 atom stereocenters. The van der Waals surface area contributed by atoms with Gasteiger partial charge in [0.05, 0.1) is 14.2 Å². The molecule has 5 heteroatoms. The van der Waals surface area contributed by atoms with Crippen LogP contribution in [-0.2, 0) is 4.79 Å². The number of carbonyl (C=O) groups excluding carboxylic acids is 1. The minimum Gasteiger partial charge on any atom is -0.497 e. The highest BCUT2D eigenvalue weighted by molar-refractivity contribution is 5.85. The number of benzene rings is 2. The molecule has 0 saturated carbocycles. The van der Waals surface area contributed by atoms with E-state index in [1.165, 1.54) is 0 Å². The Labute approximate surface area is 140 Å². The molecule has 0 saturated heterocycles. The Hall–Kier alpha value is -2.95. The minimum atomic E-state index is -0.355. The number of primary amides is 1. The summed E-state index contributed by atoms with van der Waals surface area (Å²) < 4.78 is 10.7. The van der Waals surface area contributed by atoms with Crippen LogP contribution in [-0.4, -0.2) is 25.1 Å². The molecule has 0 fully saturated rings. The molecule has 0 radical (unpaired) electrons. The van der Waals surface area contributed by atoms with E-state index < -0.39 is 0 Å². The van der Waals surface area contributed by atoms with E-state index in [4.69, 9.17) is 15.2 Å². The molecule has 3 rings (SSSR count). The predicted molar refractivity (Wildman–Crippen MR) is 93.5 cm³/mol. The van der Waals surface area contributed by atoms with Crippen LogP contribution in [0.25, 0.3) is 10.9 Å². The van der Waals surface area contributed by atoms with Crippen LogP contribution >= 0.6 is 0 Å². The summed E-state index contributed by atoms with van der Waals surface area (Å²) in [5, 5.41) is 1.07. The SMILES string of the molecule is COc1cc(OC)cc([C@H](CC(N)=O)c2c[nH]c3ccccc23)c1. The van der Waals surface area contributed by atoms with E-state index in [9.17, 15) is 4.79 Å². The maximum atomic E-state index is 11.7. The largest absolute Gasteiger partial charge is 0.497 e. The van der Waals surface area contributed by atoms with Gasteiger partial charge in [-0.25, -0.2) is 0 Å². The van der Waals surface area contributed by atoms with Crippen molar-refractivity contribution in [2.24, 2.45) is 5.73 Å². The van der Waals surface area contributed by atoms with Gasteiger partial charge in [0.15, 0.2) is 0 Å². The fourth-order valence-corrected chi connectivity index (χ4v) is 3.02. The molecule has 1 heterocycles. The Morgan fingerprint density at radius 2 is 1.79 bits per heavy atom. The lowest BCUT2D eigenvalue weighted by molar-refractivity contribution is -0.118. The first-order valence-corrected chi connectivity index (χ1v) is 7.69. The van der Waals surface area contributed by atoms with Gasteiger partial charge >= 0.3 is 0 Å². The van der Waals surface area contributed by atoms with Crippen molar-refractivity contribution >= 4 is 16.8 Å². The van der Waals surface area contributed by atoms with Gasteiger partial charge in [-0.3, -0.25) is 4.79 Å². The van der Waals surface area contributed by atoms with Crippen LogP contribution in [0, 0.1) is 0 Å². The molecule has 3 aromatic rings. The van der Waals surface area contributed by atoms with E-state index in [0.29, 0.717) is 11.5 Å². The third-order valence-corrected chi connectivity index (χ3v) is 4.18. The minimum absolute atomic E-state index is 0.178. The zero-order chi connectivity index (χ0) is 17.1. The van der Waals surface area contributed by atoms with Crippen molar-refractivity contribution in [2.75, 3.05) is 14.2 Å². The smallest absolute Gasteiger partial charge is 0.218 e. The lowest BCUT2D eigenvalue weighted by Gasteiger charge is -2.18. The van der Waals surface area contributed by atoms with Gasteiger partial charge < -0.3 is 20.2 Å². The maximum Gasteiger partial charge on any atom is 0.218 e. The van der Waals surface area contributed by atoms with Crippen LogP contribution in [0.5, 0.6) is 11.5 Å². The van der Waals surface area contributed by atoms with E-state index in [1.54, 1.807) is 20.3 Å². The van der Waals surface area contributed by atoms with Crippen LogP contribution in [0.1, 0.15) is 23.5 Å². The second-order valence-corrected chi connectivity index (χ2v) is 5.66. The Balaban J connectivity index is 2.15. The third kappa shape index (κ3) is 3.06. The van der Waals surface area contributed by atoms with Gasteiger partial charge in [-0.1, -0.05) is 18.2 Å². The molecule has 0 aliphatic rings. The van der Waals surface area contributed by atoms with Crippen molar-refractivity contribution in [3.05, 3.63) is 59.8 Å². The Morgan fingerprint density at radius 3 is 2.42 bits per heavy atom. The number of methoxy groups -OCH3 is 2. The van der Waals surface area contributed by atoms with Crippen LogP contribution in [0.2, 0.25) is 0 Å². The van der Waals surface area contributed by atoms with Gasteiger partial charge in [0, 0.05) is 35.5 Å². The first kappa shape index (κ1) is 15.9. The molecule has 0 unspecified atom stereocenters. The fourth-order valence-electron chi connectivity index (χ4n) is 3.02. The van der Waals surface area contributed by atoms with Gasteiger partial charge in [-0.15, -0.1) is 0 Å². The number of hydrogen-bond acceptors (Lipinski definition) is 3. The van der Waals surface area contributed by atoms with Crippen molar-refractivity contribution in [3.8, 4) is 11.5 Å². The number of aromatic amines is 1. The van der Waals surface area contributed by atoms with Crippen molar-refractivity contribution < 1.29 is 14.3 Å². The maximum absolute atomic E-state index is 11.7. The van der Waals surface area contributed by atoms with E-state index in [0.717, 1.165) is 22.0 Å². The standard InChI is InChI=1S/C19H20N2O3/c1-23-13-7-12(8-14(9-13)24-2)16(10-19(20)22)17-11-21-18-6-4-3-5-15(17)18/h3-9,11,16,21H,10H2,1-2H3,(H2,20,22)/t16-/m0/s1. The number of ether oxygens (including phenoxy) is 2. The number of rotatable bonds is 6. The van der Waals surface area contributed by atoms with Crippen molar-refractivity contribution in [1.29, 1.82) is 0 Å². The Morgan fingerprint density at radius 1 is 1.12 bits per heavy atom. The summed E-state index contributed by atoms with van der Waals surface area (Å²) in [6.07, 6.45) is 2.14. The van der Waals surface area contributed by atoms with Gasteiger partial charge in [-0.2, -0.15) is 0 Å². The van der Waals surface area contributed by atoms with Crippen molar-refractivity contribution in [2.45, 2.75) is 12.3 Å². The normalized spacial score (nSPS) is 12.1. The van der Waals surface area contributed by atoms with Crippen LogP contribution in [0.4, 0.5) is 0 Å². The second kappa shape index (κ2) is 6.66. The number of amides is 1. The highest BCUT2D eigenvalue weighted by atomic mass is 16.5. The Bertz CT molecular complexity index is 848. The number of hydrogen-bond donors (Lipinski definition) is 2. The quantitative estimate of drug-likeness (QED) is 0.731. The molecule has 3 N–H and O–H groups in total. The van der Waals surface area contributed by atoms with E-state index in [2.05, 4.69) is 4.98 Å². The van der Waals surface area contributed by atoms with Crippen molar-refractivity contribution in [3.63, 3.8) is 0 Å². The number of aromatic nitrogens is 1. The molecule has 0 spiro atoms. The lowest BCUT2D eigenvalue weighted by Crippen LogP contribution is -2.16. The monoisotopic (exact) mass is 324 g/mol. The molecule has 0 aliphatic carbocycles. The summed E-state index contributed by atoms with van der Waals surface area (Å²) in [7, 11) is 3.21. The van der Waals surface area contributed by atoms with E-state index >= 15 is 0 Å². The summed E-state index contributed by atoms with van der Waals surface area (Å²) in [6.45, 7) is 0. The average Bonchev–Trinajstić information content (AvgIpc) is 3.02. The van der Waals surface area contributed by atoms with E-state index in [-0.39, 0.29) is 18.2 Å². The van der Waals surface area contributed by atoms with E-state index in [1.807, 2.05) is 42.6 Å². The second-order valence-electron chi connectivity index (χ2n) is 5.66. The lowest BCUT2D eigenvalue weighted by atomic mass is 9.87. The van der Waals surface area contributed by atoms with Crippen LogP contribution in [0.3, 0.4) is 0 Å². The Kier molecular flexibility index (Phi) is 4.42. The number of nitrogens with one attached hydrogen (secondary N) is 1. The molecule has 5 nitrogen and oxygen atoms in total. The number of H-pyrrole nitrogens is 1. The number of nitrogens with two attached hydrogens (primary N) is 1. The molecule has 2 aromatic carbocycles. The molecule has 0 bridgehead atoms. The molecule has 24 heavy (non-hydrogen) atoms. The van der Waals surface area contributed by atoms with Crippen LogP contribution < -0.4 is 15.2 Å². The highest BCUT2D eigenvalue weighted by Crippen LogP contribution is 2.36. The molecule has 1 amide bonds. The fraction of sp³-hybridized carbons (Fsp3) is 0.211. The first-order valence-electron chi connectivity index (χ1n) is 7.69. The van der Waals surface area contributed by atoms with Crippen LogP contribution in [0.15, 0.2) is 48.7 Å². The van der Waals surface area contributed by atoms with Gasteiger partial charge in [-0.05, 0) is 29.3 Å². The number of para-hydroxylation sites is 1. The number of fused-ring (bicyclic) bond motifs is 1. The summed E-state index contributed by atoms with van der Waals surface area (Å²) >= 11 is 0. The molecule has 0 aliphatic heterocycles. The van der Waals surface area contributed by atoms with Crippen molar-refractivity contribution in [1.82, 2.24) is 4.98 Å². The number of carbonyl (C=O) groups is 1. The summed E-state index contributed by atoms with van der Waals surface area (Å²) in [6, 6.07) is 13.6. The third-order valence-electron chi connectivity index (χ3n) is 4.18. The summed E-state index contributed by atoms with van der Waals surface area (Å²) in [4.78, 5) is 14.9. The first-order chi connectivity index (χ1) is 11.6. The average molecular weight is 324 g/mol. The zero-order valence-electron chi connectivity index (χ0n) is 13.7. The molecular formula is C19H20N2O3. The molecule has 1 aromatic heterocycles. The van der Waals surface area contributed by atoms with Gasteiger partial charge in [0.25, 0.3) is 0 Å². The highest BCUT2D eigenvalue weighted by Gasteiger charge is 2.21. The summed E-state index contributed by atoms with van der Waals surface area (Å²) in [5.41, 5.74) is 8.49. The topological polar surface area (TPSA) is 77.3 Å². The summed E-state index contributed by atoms with van der Waals surface area (Å²) in [5.74, 6) is 0.826. The van der Waals surface area contributed by atoms with Gasteiger partial charge in [0.1, 0.15) is 11.5 Å². The molecular weight excluding hydrogens is 304 g/mol. The predicted octanol–water partition coefficient (Wildman–Crippen LogP) is 3.19. The van der Waals surface area contributed by atoms with Gasteiger partial charge in [0.2, 0.25) is 5.91 Å².